The summed E-state index contributed by atoms with van der Waals surface area (Å²) in [7, 11) is 1.83. The quantitative estimate of drug-likeness (QED) is 0.939. The molecule has 96 valence electrons. The SMILES string of the molecule is Cc1nn(C)cc1C(O)Cc1ccc(Cl)cc1Cl. The summed E-state index contributed by atoms with van der Waals surface area (Å²) < 4.78 is 1.69. The minimum atomic E-state index is -0.614. The third kappa shape index (κ3) is 2.86. The predicted octanol–water partition coefficient (Wildman–Crippen LogP) is 3.31. The zero-order chi connectivity index (χ0) is 13.3. The van der Waals surface area contributed by atoms with Crippen LogP contribution in [0.25, 0.3) is 0 Å². The molecule has 5 heteroatoms. The van der Waals surface area contributed by atoms with Gasteiger partial charge in [0.25, 0.3) is 0 Å². The molecule has 0 aliphatic carbocycles. The second kappa shape index (κ2) is 5.31. The molecule has 1 N–H and O–H groups in total. The Morgan fingerprint density at radius 1 is 1.39 bits per heavy atom. The highest BCUT2D eigenvalue weighted by Gasteiger charge is 2.15. The highest BCUT2D eigenvalue weighted by Crippen LogP contribution is 2.27. The van der Waals surface area contributed by atoms with Crippen molar-refractivity contribution in [1.29, 1.82) is 0 Å². The highest BCUT2D eigenvalue weighted by atomic mass is 35.5. The Morgan fingerprint density at radius 2 is 2.11 bits per heavy atom. The second-order valence-electron chi connectivity index (χ2n) is 4.30. The normalized spacial score (nSPS) is 12.7. The largest absolute Gasteiger partial charge is 0.388 e. The fourth-order valence-corrected chi connectivity index (χ4v) is 2.44. The minimum Gasteiger partial charge on any atom is -0.388 e. The molecule has 0 fully saturated rings. The molecule has 0 saturated carbocycles. The van der Waals surface area contributed by atoms with Gasteiger partial charge in [0.05, 0.1) is 11.8 Å². The van der Waals surface area contributed by atoms with Crippen molar-refractivity contribution in [2.75, 3.05) is 0 Å². The Bertz CT molecular complexity index is 566. The van der Waals surface area contributed by atoms with Gasteiger partial charge in [-0.2, -0.15) is 5.10 Å². The predicted molar refractivity (Wildman–Crippen MR) is 73.1 cm³/mol. The van der Waals surface area contributed by atoms with Gasteiger partial charge in [0.1, 0.15) is 0 Å². The first-order chi connectivity index (χ1) is 8.47. The van der Waals surface area contributed by atoms with E-state index in [1.165, 1.54) is 0 Å². The van der Waals surface area contributed by atoms with Crippen molar-refractivity contribution in [2.45, 2.75) is 19.4 Å². The lowest BCUT2D eigenvalue weighted by atomic mass is 10.0. The van der Waals surface area contributed by atoms with Crippen LogP contribution in [0.2, 0.25) is 10.0 Å². The van der Waals surface area contributed by atoms with E-state index >= 15 is 0 Å². The van der Waals surface area contributed by atoms with E-state index in [1.807, 2.05) is 26.2 Å². The van der Waals surface area contributed by atoms with E-state index in [-0.39, 0.29) is 0 Å². The molecule has 2 rings (SSSR count). The number of rotatable bonds is 3. The molecule has 3 nitrogen and oxygen atoms in total. The van der Waals surface area contributed by atoms with Crippen LogP contribution >= 0.6 is 23.2 Å². The summed E-state index contributed by atoms with van der Waals surface area (Å²) in [6.07, 6.45) is 1.66. The van der Waals surface area contributed by atoms with Crippen molar-refractivity contribution in [3.8, 4) is 0 Å². The molecule has 0 spiro atoms. The number of benzene rings is 1. The summed E-state index contributed by atoms with van der Waals surface area (Å²) in [4.78, 5) is 0. The first kappa shape index (κ1) is 13.4. The van der Waals surface area contributed by atoms with E-state index in [9.17, 15) is 5.11 Å². The van der Waals surface area contributed by atoms with E-state index in [0.717, 1.165) is 16.8 Å². The van der Waals surface area contributed by atoms with Crippen LogP contribution in [-0.4, -0.2) is 14.9 Å². The van der Waals surface area contributed by atoms with Gasteiger partial charge < -0.3 is 5.11 Å². The van der Waals surface area contributed by atoms with E-state index < -0.39 is 6.10 Å². The van der Waals surface area contributed by atoms with Crippen LogP contribution in [0.1, 0.15) is 22.9 Å². The maximum atomic E-state index is 10.2. The number of hydrogen-bond donors (Lipinski definition) is 1. The molecule has 0 amide bonds. The first-order valence-electron chi connectivity index (χ1n) is 5.59. The summed E-state index contributed by atoms with van der Waals surface area (Å²) >= 11 is 11.9. The number of halogens is 2. The van der Waals surface area contributed by atoms with Crippen molar-refractivity contribution in [3.63, 3.8) is 0 Å². The third-order valence-corrected chi connectivity index (χ3v) is 3.43. The van der Waals surface area contributed by atoms with Gasteiger partial charge in [-0.05, 0) is 24.6 Å². The van der Waals surface area contributed by atoms with Gasteiger partial charge in [-0.15, -0.1) is 0 Å². The Labute approximate surface area is 116 Å². The highest BCUT2D eigenvalue weighted by molar-refractivity contribution is 6.35. The summed E-state index contributed by atoms with van der Waals surface area (Å²) in [6, 6.07) is 5.28. The molecule has 1 heterocycles. The molecule has 0 aliphatic rings. The molecule has 1 aromatic heterocycles. The third-order valence-electron chi connectivity index (χ3n) is 2.84. The van der Waals surface area contributed by atoms with Crippen LogP contribution < -0.4 is 0 Å². The number of aromatic nitrogens is 2. The zero-order valence-electron chi connectivity index (χ0n) is 10.2. The number of hydrogen-bond acceptors (Lipinski definition) is 2. The minimum absolute atomic E-state index is 0.447. The molecular weight excluding hydrogens is 271 g/mol. The van der Waals surface area contributed by atoms with Gasteiger partial charge in [-0.3, -0.25) is 4.68 Å². The molecule has 1 unspecified atom stereocenters. The fourth-order valence-electron chi connectivity index (χ4n) is 1.95. The summed E-state index contributed by atoms with van der Waals surface area (Å²) in [5.41, 5.74) is 2.52. The van der Waals surface area contributed by atoms with Gasteiger partial charge in [-0.1, -0.05) is 29.3 Å². The average molecular weight is 285 g/mol. The van der Waals surface area contributed by atoms with Crippen LogP contribution in [0.5, 0.6) is 0 Å². The van der Waals surface area contributed by atoms with E-state index in [0.29, 0.717) is 16.5 Å². The summed E-state index contributed by atoms with van der Waals surface area (Å²) in [5.74, 6) is 0. The molecule has 0 saturated heterocycles. The topological polar surface area (TPSA) is 38.0 Å². The number of aryl methyl sites for hydroxylation is 2. The van der Waals surface area contributed by atoms with Crippen molar-refractivity contribution in [2.24, 2.45) is 7.05 Å². The lowest BCUT2D eigenvalue weighted by Gasteiger charge is -2.11. The summed E-state index contributed by atoms with van der Waals surface area (Å²) in [5, 5.41) is 15.6. The van der Waals surface area contributed by atoms with E-state index in [4.69, 9.17) is 23.2 Å². The maximum Gasteiger partial charge on any atom is 0.0864 e. The standard InChI is InChI=1S/C13H14Cl2N2O/c1-8-11(7-17(2)16-8)13(18)5-9-3-4-10(14)6-12(9)15/h3-4,6-7,13,18H,5H2,1-2H3. The van der Waals surface area contributed by atoms with Crippen LogP contribution in [0.3, 0.4) is 0 Å². The lowest BCUT2D eigenvalue weighted by molar-refractivity contribution is 0.177. The van der Waals surface area contributed by atoms with Gasteiger partial charge in [0.15, 0.2) is 0 Å². The molecule has 18 heavy (non-hydrogen) atoms. The van der Waals surface area contributed by atoms with Crippen LogP contribution in [-0.2, 0) is 13.5 Å². The first-order valence-corrected chi connectivity index (χ1v) is 6.35. The zero-order valence-corrected chi connectivity index (χ0v) is 11.7. The van der Waals surface area contributed by atoms with Gasteiger partial charge in [0, 0.05) is 35.3 Å². The van der Waals surface area contributed by atoms with Crippen LogP contribution in [0.4, 0.5) is 0 Å². The molecule has 1 atom stereocenters. The Kier molecular flexibility index (Phi) is 3.95. The average Bonchev–Trinajstić information content (AvgIpc) is 2.62. The number of aliphatic hydroxyl groups is 1. The number of aliphatic hydroxyl groups excluding tert-OH is 1. The molecule has 2 aromatic rings. The molecular formula is C13H14Cl2N2O. The maximum absolute atomic E-state index is 10.2. The van der Waals surface area contributed by atoms with Crippen LogP contribution in [0.15, 0.2) is 24.4 Å². The fraction of sp³-hybridized carbons (Fsp3) is 0.308. The Balaban J connectivity index is 2.21. The van der Waals surface area contributed by atoms with Gasteiger partial charge >= 0.3 is 0 Å². The van der Waals surface area contributed by atoms with Crippen molar-refractivity contribution in [3.05, 3.63) is 51.3 Å². The molecule has 1 aromatic carbocycles. The van der Waals surface area contributed by atoms with E-state index in [2.05, 4.69) is 5.10 Å². The second-order valence-corrected chi connectivity index (χ2v) is 5.14. The monoisotopic (exact) mass is 284 g/mol. The Morgan fingerprint density at radius 3 is 2.67 bits per heavy atom. The van der Waals surface area contributed by atoms with Gasteiger partial charge in [-0.25, -0.2) is 0 Å². The summed E-state index contributed by atoms with van der Waals surface area (Å²) in [6.45, 7) is 1.88. The lowest BCUT2D eigenvalue weighted by Crippen LogP contribution is -2.03. The van der Waals surface area contributed by atoms with Crippen molar-refractivity contribution < 1.29 is 5.11 Å². The molecule has 0 bridgehead atoms. The molecule has 0 aliphatic heterocycles. The van der Waals surface area contributed by atoms with E-state index in [1.54, 1.807) is 16.8 Å². The van der Waals surface area contributed by atoms with Gasteiger partial charge in [0.2, 0.25) is 0 Å². The van der Waals surface area contributed by atoms with Crippen molar-refractivity contribution in [1.82, 2.24) is 9.78 Å². The van der Waals surface area contributed by atoms with Crippen LogP contribution in [0, 0.1) is 6.92 Å². The molecule has 0 radical (unpaired) electrons. The smallest absolute Gasteiger partial charge is 0.0864 e. The Hall–Kier alpha value is -1.03. The number of nitrogens with zero attached hydrogens (tertiary/aromatic N) is 2. The van der Waals surface area contributed by atoms with Crippen molar-refractivity contribution >= 4 is 23.2 Å².